The van der Waals surface area contributed by atoms with Crippen LogP contribution < -0.4 is 5.32 Å². The monoisotopic (exact) mass is 267 g/mol. The fraction of sp³-hybridized carbons (Fsp3) is 0.571. The van der Waals surface area contributed by atoms with Crippen LogP contribution in [0, 0.1) is 19.8 Å². The van der Waals surface area contributed by atoms with Gasteiger partial charge in [-0.15, -0.1) is 0 Å². The topological polar surface area (TPSA) is 46.2 Å². The van der Waals surface area contributed by atoms with E-state index >= 15 is 0 Å². The van der Waals surface area contributed by atoms with Gasteiger partial charge < -0.3 is 5.32 Å². The quantitative estimate of drug-likeness (QED) is 0.911. The molecule has 1 aliphatic heterocycles. The van der Waals surface area contributed by atoms with Crippen LogP contribution in [0.5, 0.6) is 0 Å². The minimum atomic E-state index is -2.82. The number of hydrogen-bond donors (Lipinski definition) is 1. The SMILES string of the molecule is CNC(c1ccc(C)cc1C)C1CCS(=O)(=O)C1. The zero-order chi connectivity index (χ0) is 13.3. The third-order valence-corrected chi connectivity index (χ3v) is 5.60. The standard InChI is InChI=1S/C14H21NO2S/c1-10-4-5-13(11(2)8-10)14(15-3)12-6-7-18(16,17)9-12/h4-5,8,12,14-15H,6-7,9H2,1-3H3. The minimum absolute atomic E-state index is 0.142. The Morgan fingerprint density at radius 2 is 2.06 bits per heavy atom. The zero-order valence-electron chi connectivity index (χ0n) is 11.2. The molecule has 1 aliphatic rings. The van der Waals surface area contributed by atoms with Crippen molar-refractivity contribution >= 4 is 9.84 Å². The second-order valence-electron chi connectivity index (χ2n) is 5.29. The summed E-state index contributed by atoms with van der Waals surface area (Å²) in [5.74, 6) is 0.841. The average molecular weight is 267 g/mol. The van der Waals surface area contributed by atoms with Gasteiger partial charge in [0.25, 0.3) is 0 Å². The normalized spacial score (nSPS) is 24.1. The van der Waals surface area contributed by atoms with E-state index in [0.29, 0.717) is 11.5 Å². The number of aryl methyl sites for hydroxylation is 2. The van der Waals surface area contributed by atoms with Crippen molar-refractivity contribution in [3.63, 3.8) is 0 Å². The van der Waals surface area contributed by atoms with Gasteiger partial charge >= 0.3 is 0 Å². The summed E-state index contributed by atoms with van der Waals surface area (Å²) in [6.07, 6.45) is 0.765. The zero-order valence-corrected chi connectivity index (χ0v) is 12.0. The van der Waals surface area contributed by atoms with Crippen LogP contribution in [0.15, 0.2) is 18.2 Å². The molecule has 1 aromatic carbocycles. The van der Waals surface area contributed by atoms with E-state index in [2.05, 4.69) is 37.4 Å². The lowest BCUT2D eigenvalue weighted by atomic mass is 9.89. The van der Waals surface area contributed by atoms with Crippen molar-refractivity contribution < 1.29 is 8.42 Å². The maximum Gasteiger partial charge on any atom is 0.150 e. The van der Waals surface area contributed by atoms with Gasteiger partial charge in [-0.2, -0.15) is 0 Å². The lowest BCUT2D eigenvalue weighted by Gasteiger charge is -2.24. The van der Waals surface area contributed by atoms with Gasteiger partial charge in [0.1, 0.15) is 0 Å². The first-order chi connectivity index (χ1) is 8.43. The largest absolute Gasteiger partial charge is 0.313 e. The molecule has 2 rings (SSSR count). The van der Waals surface area contributed by atoms with E-state index in [-0.39, 0.29) is 12.0 Å². The maximum absolute atomic E-state index is 11.6. The lowest BCUT2D eigenvalue weighted by Crippen LogP contribution is -2.26. The molecule has 2 unspecified atom stereocenters. The van der Waals surface area contributed by atoms with Crippen molar-refractivity contribution in [1.82, 2.24) is 5.32 Å². The van der Waals surface area contributed by atoms with E-state index in [1.807, 2.05) is 7.05 Å². The Bertz CT molecular complexity index is 537. The van der Waals surface area contributed by atoms with Crippen LogP contribution in [0.1, 0.15) is 29.2 Å². The Kier molecular flexibility index (Phi) is 3.78. The summed E-state index contributed by atoms with van der Waals surface area (Å²) in [4.78, 5) is 0. The molecule has 0 aliphatic carbocycles. The highest BCUT2D eigenvalue weighted by molar-refractivity contribution is 7.91. The fourth-order valence-electron chi connectivity index (χ4n) is 2.91. The number of nitrogens with one attached hydrogen (secondary N) is 1. The third-order valence-electron chi connectivity index (χ3n) is 3.81. The highest BCUT2D eigenvalue weighted by atomic mass is 32.2. The molecule has 0 spiro atoms. The molecular weight excluding hydrogens is 246 g/mol. The number of sulfone groups is 1. The van der Waals surface area contributed by atoms with Crippen LogP contribution >= 0.6 is 0 Å². The summed E-state index contributed by atoms with van der Waals surface area (Å²) in [6, 6.07) is 6.51. The third kappa shape index (κ3) is 2.75. The summed E-state index contributed by atoms with van der Waals surface area (Å²) < 4.78 is 23.2. The smallest absolute Gasteiger partial charge is 0.150 e. The molecule has 0 bridgehead atoms. The Morgan fingerprint density at radius 3 is 2.56 bits per heavy atom. The molecule has 4 heteroatoms. The molecule has 1 fully saturated rings. The van der Waals surface area contributed by atoms with Crippen LogP contribution in [-0.4, -0.2) is 27.0 Å². The summed E-state index contributed by atoms with van der Waals surface area (Å²) >= 11 is 0. The fourth-order valence-corrected chi connectivity index (χ4v) is 4.75. The van der Waals surface area contributed by atoms with E-state index in [0.717, 1.165) is 6.42 Å². The summed E-state index contributed by atoms with van der Waals surface area (Å²) in [7, 11) is -0.908. The van der Waals surface area contributed by atoms with Crippen LogP contribution in [0.25, 0.3) is 0 Å². The Hall–Kier alpha value is -0.870. The van der Waals surface area contributed by atoms with E-state index in [1.165, 1.54) is 16.7 Å². The van der Waals surface area contributed by atoms with Gasteiger partial charge in [-0.25, -0.2) is 8.42 Å². The van der Waals surface area contributed by atoms with Gasteiger partial charge in [0.05, 0.1) is 11.5 Å². The predicted molar refractivity (Wildman–Crippen MR) is 74.5 cm³/mol. The first-order valence-electron chi connectivity index (χ1n) is 6.38. The van der Waals surface area contributed by atoms with Gasteiger partial charge in [0.2, 0.25) is 0 Å². The van der Waals surface area contributed by atoms with Crippen LogP contribution in [0.2, 0.25) is 0 Å². The second-order valence-corrected chi connectivity index (χ2v) is 7.52. The van der Waals surface area contributed by atoms with Gasteiger partial charge in [-0.3, -0.25) is 0 Å². The van der Waals surface area contributed by atoms with E-state index in [9.17, 15) is 8.42 Å². The van der Waals surface area contributed by atoms with Crippen molar-refractivity contribution in [3.05, 3.63) is 34.9 Å². The van der Waals surface area contributed by atoms with Gasteiger partial charge in [-0.05, 0) is 44.4 Å². The number of rotatable bonds is 3. The lowest BCUT2D eigenvalue weighted by molar-refractivity contribution is 0.417. The molecule has 0 amide bonds. The summed E-state index contributed by atoms with van der Waals surface area (Å²) in [6.45, 7) is 4.17. The van der Waals surface area contributed by atoms with Crippen molar-refractivity contribution in [2.45, 2.75) is 26.3 Å². The molecule has 18 heavy (non-hydrogen) atoms. The molecule has 1 heterocycles. The van der Waals surface area contributed by atoms with E-state index < -0.39 is 9.84 Å². The van der Waals surface area contributed by atoms with E-state index in [1.54, 1.807) is 0 Å². The molecule has 1 aromatic rings. The molecule has 2 atom stereocenters. The molecule has 100 valence electrons. The van der Waals surface area contributed by atoms with Crippen LogP contribution in [0.3, 0.4) is 0 Å². The van der Waals surface area contributed by atoms with Crippen LogP contribution in [0.4, 0.5) is 0 Å². The predicted octanol–water partition coefficient (Wildman–Crippen LogP) is 2.00. The number of hydrogen-bond acceptors (Lipinski definition) is 3. The first kappa shape index (κ1) is 13.6. The first-order valence-corrected chi connectivity index (χ1v) is 8.20. The molecule has 3 nitrogen and oxygen atoms in total. The molecule has 1 N–H and O–H groups in total. The Labute approximate surface area is 110 Å². The summed E-state index contributed by atoms with van der Waals surface area (Å²) in [5, 5.41) is 3.29. The van der Waals surface area contributed by atoms with Crippen molar-refractivity contribution in [2.75, 3.05) is 18.6 Å². The van der Waals surface area contributed by atoms with E-state index in [4.69, 9.17) is 0 Å². The van der Waals surface area contributed by atoms with Crippen LogP contribution in [-0.2, 0) is 9.84 Å². The second kappa shape index (κ2) is 5.02. The average Bonchev–Trinajstić information content (AvgIpc) is 2.63. The van der Waals surface area contributed by atoms with Gasteiger partial charge in [-0.1, -0.05) is 23.8 Å². The molecule has 0 aromatic heterocycles. The van der Waals surface area contributed by atoms with Crippen molar-refractivity contribution in [1.29, 1.82) is 0 Å². The Balaban J connectivity index is 2.29. The van der Waals surface area contributed by atoms with Crippen molar-refractivity contribution in [3.8, 4) is 0 Å². The summed E-state index contributed by atoms with van der Waals surface area (Å²) in [5.41, 5.74) is 3.70. The van der Waals surface area contributed by atoms with Gasteiger partial charge in [0, 0.05) is 6.04 Å². The molecule has 1 saturated heterocycles. The Morgan fingerprint density at radius 1 is 1.33 bits per heavy atom. The number of benzene rings is 1. The molecule has 0 radical (unpaired) electrons. The molecular formula is C14H21NO2S. The van der Waals surface area contributed by atoms with Crippen molar-refractivity contribution in [2.24, 2.45) is 5.92 Å². The maximum atomic E-state index is 11.6. The minimum Gasteiger partial charge on any atom is -0.313 e. The highest BCUT2D eigenvalue weighted by Crippen LogP contribution is 2.32. The highest BCUT2D eigenvalue weighted by Gasteiger charge is 2.34. The van der Waals surface area contributed by atoms with Gasteiger partial charge in [0.15, 0.2) is 9.84 Å². The molecule has 0 saturated carbocycles.